The lowest BCUT2D eigenvalue weighted by Gasteiger charge is -2.26. The highest BCUT2D eigenvalue weighted by Gasteiger charge is 2.32. The molecule has 1 aromatic carbocycles. The molecule has 1 atom stereocenters. The Morgan fingerprint density at radius 2 is 2.04 bits per heavy atom. The number of nitriles is 1. The highest BCUT2D eigenvalue weighted by molar-refractivity contribution is 5.50. The highest BCUT2D eigenvalue weighted by atomic mass is 16.5. The molecule has 5 heteroatoms. The van der Waals surface area contributed by atoms with Gasteiger partial charge in [-0.1, -0.05) is 30.3 Å². The second kappa shape index (κ2) is 5.65. The molecule has 1 aliphatic rings. The van der Waals surface area contributed by atoms with Crippen molar-refractivity contribution in [2.75, 3.05) is 0 Å². The highest BCUT2D eigenvalue weighted by Crippen LogP contribution is 2.38. The summed E-state index contributed by atoms with van der Waals surface area (Å²) in [6.45, 7) is 1.83. The van der Waals surface area contributed by atoms with Crippen molar-refractivity contribution in [3.63, 3.8) is 0 Å². The van der Waals surface area contributed by atoms with Crippen LogP contribution in [0.15, 0.2) is 52.6 Å². The number of fused-ring (bicyclic) bond motifs is 1. The largest absolute Gasteiger partial charge is 0.440 e. The van der Waals surface area contributed by atoms with E-state index in [1.54, 1.807) is 17.7 Å². The van der Waals surface area contributed by atoms with Crippen LogP contribution in [-0.2, 0) is 13.5 Å². The molecular weight excluding hydrogens is 290 g/mol. The third-order valence-electron chi connectivity index (χ3n) is 4.25. The summed E-state index contributed by atoms with van der Waals surface area (Å²) in [7, 11) is 1.71. The van der Waals surface area contributed by atoms with E-state index < -0.39 is 5.92 Å². The molecule has 0 amide bonds. The third kappa shape index (κ3) is 2.49. The van der Waals surface area contributed by atoms with Gasteiger partial charge in [-0.2, -0.15) is 5.26 Å². The minimum Gasteiger partial charge on any atom is -0.440 e. The topological polar surface area (TPSA) is 81.0 Å². The summed E-state index contributed by atoms with van der Waals surface area (Å²) in [5.41, 5.74) is 8.38. The van der Waals surface area contributed by atoms with Crippen LogP contribution in [0, 0.1) is 18.3 Å². The Morgan fingerprint density at radius 3 is 2.70 bits per heavy atom. The first kappa shape index (κ1) is 14.9. The van der Waals surface area contributed by atoms with Gasteiger partial charge in [-0.3, -0.25) is 4.79 Å². The van der Waals surface area contributed by atoms with Gasteiger partial charge in [-0.15, -0.1) is 0 Å². The van der Waals surface area contributed by atoms with E-state index in [9.17, 15) is 10.1 Å². The number of rotatable bonds is 2. The number of aromatic nitrogens is 1. The number of ether oxygens (including phenoxy) is 1. The van der Waals surface area contributed by atoms with Gasteiger partial charge in [0.05, 0.1) is 11.1 Å². The fourth-order valence-corrected chi connectivity index (χ4v) is 2.89. The van der Waals surface area contributed by atoms with E-state index in [0.717, 1.165) is 11.3 Å². The maximum Gasteiger partial charge on any atom is 0.258 e. The summed E-state index contributed by atoms with van der Waals surface area (Å²) in [5.74, 6) is 0.127. The molecule has 116 valence electrons. The van der Waals surface area contributed by atoms with Crippen molar-refractivity contribution in [3.8, 4) is 11.8 Å². The van der Waals surface area contributed by atoms with Gasteiger partial charge in [0, 0.05) is 24.7 Å². The van der Waals surface area contributed by atoms with Crippen molar-refractivity contribution in [2.45, 2.75) is 19.3 Å². The fourth-order valence-electron chi connectivity index (χ4n) is 2.89. The van der Waals surface area contributed by atoms with E-state index in [1.807, 2.05) is 37.3 Å². The molecule has 0 saturated carbocycles. The van der Waals surface area contributed by atoms with Crippen LogP contribution in [0.25, 0.3) is 0 Å². The number of benzene rings is 1. The molecule has 0 radical (unpaired) electrons. The predicted octanol–water partition coefficient (Wildman–Crippen LogP) is 2.11. The molecule has 3 rings (SSSR count). The Kier molecular flexibility index (Phi) is 3.67. The van der Waals surface area contributed by atoms with Gasteiger partial charge in [0.15, 0.2) is 0 Å². The summed E-state index contributed by atoms with van der Waals surface area (Å²) >= 11 is 0. The fraction of sp³-hybridized carbons (Fsp3) is 0.222. The number of pyridine rings is 1. The van der Waals surface area contributed by atoms with Crippen molar-refractivity contribution in [3.05, 3.63) is 75.0 Å². The molecule has 1 aromatic heterocycles. The van der Waals surface area contributed by atoms with Crippen LogP contribution in [0.4, 0.5) is 0 Å². The zero-order valence-corrected chi connectivity index (χ0v) is 13.0. The molecule has 5 nitrogen and oxygen atoms in total. The first-order valence-electron chi connectivity index (χ1n) is 7.35. The van der Waals surface area contributed by atoms with E-state index in [4.69, 9.17) is 10.5 Å². The Balaban J connectivity index is 2.19. The molecule has 0 saturated heterocycles. The van der Waals surface area contributed by atoms with Gasteiger partial charge in [0.25, 0.3) is 5.56 Å². The molecular formula is C18H17N3O2. The first-order chi connectivity index (χ1) is 11.0. The van der Waals surface area contributed by atoms with Crippen LogP contribution in [-0.4, -0.2) is 4.57 Å². The van der Waals surface area contributed by atoms with Crippen LogP contribution in [0.3, 0.4) is 0 Å². The Labute approximate surface area is 134 Å². The summed E-state index contributed by atoms with van der Waals surface area (Å²) in [5, 5.41) is 9.47. The average molecular weight is 307 g/mol. The van der Waals surface area contributed by atoms with E-state index in [1.165, 1.54) is 0 Å². The number of nitrogens with zero attached hydrogens (tertiary/aromatic N) is 2. The molecule has 0 unspecified atom stereocenters. The Hall–Kier alpha value is -3.00. The lowest BCUT2D eigenvalue weighted by atomic mass is 9.85. The third-order valence-corrected chi connectivity index (χ3v) is 4.25. The zero-order chi connectivity index (χ0) is 16.6. The molecule has 2 aromatic rings. The van der Waals surface area contributed by atoms with Gasteiger partial charge in [-0.25, -0.2) is 0 Å². The average Bonchev–Trinajstić information content (AvgIpc) is 2.53. The maximum atomic E-state index is 12.7. The maximum absolute atomic E-state index is 12.7. The number of allylic oxidation sites excluding steroid dienone is 1. The number of hydrogen-bond acceptors (Lipinski definition) is 4. The molecule has 0 fully saturated rings. The first-order valence-corrected chi connectivity index (χ1v) is 7.35. The van der Waals surface area contributed by atoms with E-state index >= 15 is 0 Å². The van der Waals surface area contributed by atoms with Gasteiger partial charge in [0.1, 0.15) is 11.8 Å². The normalized spacial score (nSPS) is 16.5. The Morgan fingerprint density at radius 1 is 1.35 bits per heavy atom. The van der Waals surface area contributed by atoms with Crippen molar-refractivity contribution in [1.82, 2.24) is 4.57 Å². The van der Waals surface area contributed by atoms with Crippen molar-refractivity contribution >= 4 is 0 Å². The summed E-state index contributed by atoms with van der Waals surface area (Å²) in [6, 6.07) is 13.6. The van der Waals surface area contributed by atoms with Crippen molar-refractivity contribution < 1.29 is 4.74 Å². The van der Waals surface area contributed by atoms with Gasteiger partial charge < -0.3 is 15.0 Å². The molecule has 23 heavy (non-hydrogen) atoms. The standard InChI is InChI=1S/C18H17N3O2/c1-11-8-15-16(18(22)21(11)2)13(14(10-19)17(20)23-15)9-12-6-4-3-5-7-12/h3-8,13H,9,20H2,1-2H3/t13-/m0/s1. The predicted molar refractivity (Wildman–Crippen MR) is 86.8 cm³/mol. The summed E-state index contributed by atoms with van der Waals surface area (Å²) in [4.78, 5) is 12.7. The van der Waals surface area contributed by atoms with E-state index in [0.29, 0.717) is 23.3 Å². The number of hydrogen-bond donors (Lipinski definition) is 1. The van der Waals surface area contributed by atoms with Crippen LogP contribution in [0.1, 0.15) is 22.7 Å². The molecule has 2 heterocycles. The number of aryl methyl sites for hydroxylation is 1. The zero-order valence-electron chi connectivity index (χ0n) is 13.0. The number of nitrogens with two attached hydrogens (primary N) is 1. The van der Waals surface area contributed by atoms with Crippen LogP contribution >= 0.6 is 0 Å². The van der Waals surface area contributed by atoms with Crippen LogP contribution < -0.4 is 16.0 Å². The molecule has 2 N–H and O–H groups in total. The molecule has 0 bridgehead atoms. The quantitative estimate of drug-likeness (QED) is 0.921. The molecule has 0 spiro atoms. The Bertz CT molecular complexity index is 889. The van der Waals surface area contributed by atoms with Crippen LogP contribution in [0.5, 0.6) is 5.75 Å². The SMILES string of the molecule is Cc1cc2c(c(=O)n1C)[C@@H](Cc1ccccc1)C(C#N)=C(N)O2. The molecule has 0 aliphatic carbocycles. The van der Waals surface area contributed by atoms with Gasteiger partial charge in [-0.05, 0) is 18.9 Å². The van der Waals surface area contributed by atoms with Crippen molar-refractivity contribution in [2.24, 2.45) is 12.8 Å². The van der Waals surface area contributed by atoms with E-state index in [-0.39, 0.29) is 11.4 Å². The smallest absolute Gasteiger partial charge is 0.258 e. The lowest BCUT2D eigenvalue weighted by molar-refractivity contribution is 0.383. The van der Waals surface area contributed by atoms with Crippen LogP contribution in [0.2, 0.25) is 0 Å². The van der Waals surface area contributed by atoms with Crippen molar-refractivity contribution in [1.29, 1.82) is 5.26 Å². The second-order valence-corrected chi connectivity index (χ2v) is 5.66. The minimum absolute atomic E-state index is 0.0774. The van der Waals surface area contributed by atoms with Gasteiger partial charge in [0.2, 0.25) is 5.88 Å². The summed E-state index contributed by atoms with van der Waals surface area (Å²) < 4.78 is 7.11. The minimum atomic E-state index is -0.398. The second-order valence-electron chi connectivity index (χ2n) is 5.66. The molecule has 1 aliphatic heterocycles. The monoisotopic (exact) mass is 307 g/mol. The summed E-state index contributed by atoms with van der Waals surface area (Å²) in [6.07, 6.45) is 0.527. The van der Waals surface area contributed by atoms with E-state index in [2.05, 4.69) is 6.07 Å². The lowest BCUT2D eigenvalue weighted by Crippen LogP contribution is -2.31. The van der Waals surface area contributed by atoms with Gasteiger partial charge >= 0.3 is 0 Å².